The summed E-state index contributed by atoms with van der Waals surface area (Å²) in [5.74, 6) is 0. The van der Waals surface area contributed by atoms with E-state index in [1.54, 1.807) is 11.3 Å². The molecule has 0 bridgehead atoms. The first-order valence-electron chi connectivity index (χ1n) is 10.1. The van der Waals surface area contributed by atoms with Crippen molar-refractivity contribution >= 4 is 28.7 Å². The number of aromatic nitrogens is 4. The normalized spacial score (nSPS) is 18.4. The molecule has 1 saturated heterocycles. The predicted octanol–water partition coefficient (Wildman–Crippen LogP) is 4.51. The van der Waals surface area contributed by atoms with Crippen molar-refractivity contribution in [1.29, 1.82) is 0 Å². The molecule has 1 aliphatic heterocycles. The minimum atomic E-state index is -0.0409. The molecule has 31 heavy (non-hydrogen) atoms. The molecule has 156 valence electrons. The number of thiocarbonyl (C=S) groups is 1. The standard InChI is InChI=1S/C23H22N6S2/c1-15-13-18(16(2)29(15)23-26-11-12-31-23)21-20(19-5-3-4-8-25-19)27-22(30)28(21)14-17-6-9-24-10-7-17/h3-13,20-21H,14H2,1-2H3,(H,27,30)/t20-,21-/m1/s1. The molecule has 2 atom stereocenters. The van der Waals surface area contributed by atoms with Gasteiger partial charge in [-0.15, -0.1) is 11.3 Å². The second kappa shape index (κ2) is 8.20. The lowest BCUT2D eigenvalue weighted by Crippen LogP contribution is -2.29. The molecule has 5 heterocycles. The van der Waals surface area contributed by atoms with E-state index in [1.165, 1.54) is 16.8 Å². The van der Waals surface area contributed by atoms with Gasteiger partial charge in [0.25, 0.3) is 0 Å². The Hall–Kier alpha value is -3.10. The Balaban J connectivity index is 1.62. The fraction of sp³-hybridized carbons (Fsp3) is 0.217. The maximum atomic E-state index is 5.81. The average Bonchev–Trinajstić information content (AvgIpc) is 3.49. The molecule has 0 aromatic carbocycles. The van der Waals surface area contributed by atoms with Gasteiger partial charge in [-0.1, -0.05) is 6.07 Å². The third-order valence-electron chi connectivity index (χ3n) is 5.70. The maximum Gasteiger partial charge on any atom is 0.193 e. The molecule has 6 nitrogen and oxygen atoms in total. The Labute approximate surface area is 190 Å². The minimum absolute atomic E-state index is 0.00970. The number of rotatable bonds is 5. The molecule has 1 N–H and O–H groups in total. The molecule has 0 saturated carbocycles. The van der Waals surface area contributed by atoms with Crippen molar-refractivity contribution < 1.29 is 0 Å². The van der Waals surface area contributed by atoms with Gasteiger partial charge in [0.15, 0.2) is 10.2 Å². The smallest absolute Gasteiger partial charge is 0.193 e. The van der Waals surface area contributed by atoms with Crippen molar-refractivity contribution in [2.75, 3.05) is 0 Å². The molecular formula is C23H22N6S2. The largest absolute Gasteiger partial charge is 0.352 e. The van der Waals surface area contributed by atoms with Crippen molar-refractivity contribution in [3.63, 3.8) is 0 Å². The molecule has 1 fully saturated rings. The summed E-state index contributed by atoms with van der Waals surface area (Å²) in [6.07, 6.45) is 7.32. The van der Waals surface area contributed by atoms with E-state index in [9.17, 15) is 0 Å². The summed E-state index contributed by atoms with van der Waals surface area (Å²) in [5.41, 5.74) is 5.70. The van der Waals surface area contributed by atoms with Crippen LogP contribution in [0.4, 0.5) is 0 Å². The first-order valence-corrected chi connectivity index (χ1v) is 11.4. The predicted molar refractivity (Wildman–Crippen MR) is 126 cm³/mol. The van der Waals surface area contributed by atoms with Crippen LogP contribution in [0.15, 0.2) is 66.6 Å². The van der Waals surface area contributed by atoms with Crippen molar-refractivity contribution in [3.8, 4) is 5.13 Å². The van der Waals surface area contributed by atoms with Crippen molar-refractivity contribution in [2.45, 2.75) is 32.5 Å². The highest BCUT2D eigenvalue weighted by Gasteiger charge is 2.41. The van der Waals surface area contributed by atoms with Crippen LogP contribution in [0.3, 0.4) is 0 Å². The number of hydrogen-bond acceptors (Lipinski definition) is 5. The molecular weight excluding hydrogens is 424 g/mol. The molecule has 0 amide bonds. The SMILES string of the molecule is Cc1cc([C@@H]2[C@@H](c3ccccn3)NC(=S)N2Cc2ccncc2)c(C)n1-c1nccs1. The molecule has 0 spiro atoms. The quantitative estimate of drug-likeness (QED) is 0.455. The zero-order valence-electron chi connectivity index (χ0n) is 17.3. The Bertz CT molecular complexity index is 1190. The van der Waals surface area contributed by atoms with Crippen LogP contribution in [0.2, 0.25) is 0 Å². The summed E-state index contributed by atoms with van der Waals surface area (Å²) in [7, 11) is 0. The van der Waals surface area contributed by atoms with Crippen molar-refractivity contribution in [1.82, 2.24) is 29.7 Å². The van der Waals surface area contributed by atoms with E-state index in [1.807, 2.05) is 54.4 Å². The molecule has 0 aliphatic carbocycles. The third-order valence-corrected chi connectivity index (χ3v) is 6.81. The highest BCUT2D eigenvalue weighted by Crippen LogP contribution is 2.42. The molecule has 4 aromatic heterocycles. The van der Waals surface area contributed by atoms with Gasteiger partial charge in [-0.2, -0.15) is 0 Å². The number of nitrogens with zero attached hydrogens (tertiary/aromatic N) is 5. The molecule has 4 aromatic rings. The van der Waals surface area contributed by atoms with Crippen LogP contribution in [0.5, 0.6) is 0 Å². The Morgan fingerprint density at radius 2 is 1.90 bits per heavy atom. The van der Waals surface area contributed by atoms with Gasteiger partial charge in [0.2, 0.25) is 0 Å². The Morgan fingerprint density at radius 3 is 2.61 bits per heavy atom. The topological polar surface area (TPSA) is 58.9 Å². The number of aryl methyl sites for hydroxylation is 1. The van der Waals surface area contributed by atoms with Gasteiger partial charge in [0, 0.05) is 48.1 Å². The zero-order chi connectivity index (χ0) is 21.4. The second-order valence-corrected chi connectivity index (χ2v) is 8.85. The third kappa shape index (κ3) is 3.62. The zero-order valence-corrected chi connectivity index (χ0v) is 18.9. The van der Waals surface area contributed by atoms with Crippen LogP contribution < -0.4 is 5.32 Å². The second-order valence-electron chi connectivity index (χ2n) is 7.59. The molecule has 0 unspecified atom stereocenters. The first-order chi connectivity index (χ1) is 15.1. The Morgan fingerprint density at radius 1 is 1.06 bits per heavy atom. The molecule has 8 heteroatoms. The molecule has 1 aliphatic rings. The number of thiazole rings is 1. The van der Waals surface area contributed by atoms with Crippen LogP contribution in [0, 0.1) is 13.8 Å². The van der Waals surface area contributed by atoms with Gasteiger partial charge in [0.1, 0.15) is 0 Å². The van der Waals surface area contributed by atoms with Gasteiger partial charge in [-0.3, -0.25) is 14.5 Å². The van der Waals surface area contributed by atoms with E-state index in [4.69, 9.17) is 12.2 Å². The fourth-order valence-corrected chi connectivity index (χ4v) is 5.36. The summed E-state index contributed by atoms with van der Waals surface area (Å²) in [4.78, 5) is 15.6. The minimum Gasteiger partial charge on any atom is -0.352 e. The number of pyridine rings is 2. The van der Waals surface area contributed by atoms with E-state index in [0.29, 0.717) is 6.54 Å². The molecule has 0 radical (unpaired) electrons. The average molecular weight is 447 g/mol. The van der Waals surface area contributed by atoms with Crippen LogP contribution in [-0.4, -0.2) is 29.5 Å². The number of hydrogen-bond donors (Lipinski definition) is 1. The van der Waals surface area contributed by atoms with Crippen molar-refractivity contribution in [2.24, 2.45) is 0 Å². The van der Waals surface area contributed by atoms with Gasteiger partial charge in [0.05, 0.1) is 17.8 Å². The van der Waals surface area contributed by atoms with Crippen molar-refractivity contribution in [3.05, 3.63) is 94.8 Å². The lowest BCUT2D eigenvalue weighted by atomic mass is 9.96. The van der Waals surface area contributed by atoms with Gasteiger partial charge in [-0.25, -0.2) is 4.98 Å². The summed E-state index contributed by atoms with van der Waals surface area (Å²) in [6, 6.07) is 12.3. The lowest BCUT2D eigenvalue weighted by molar-refractivity contribution is 0.310. The summed E-state index contributed by atoms with van der Waals surface area (Å²) < 4.78 is 2.22. The maximum absolute atomic E-state index is 5.81. The van der Waals surface area contributed by atoms with Gasteiger partial charge in [-0.05, 0) is 67.5 Å². The summed E-state index contributed by atoms with van der Waals surface area (Å²) in [6.45, 7) is 4.98. The monoisotopic (exact) mass is 446 g/mol. The first kappa shape index (κ1) is 19.8. The summed E-state index contributed by atoms with van der Waals surface area (Å²) >= 11 is 7.45. The molecule has 5 rings (SSSR count). The van der Waals surface area contributed by atoms with E-state index < -0.39 is 0 Å². The van der Waals surface area contributed by atoms with E-state index in [0.717, 1.165) is 21.6 Å². The van der Waals surface area contributed by atoms with Crippen LogP contribution in [0.1, 0.15) is 40.3 Å². The fourth-order valence-electron chi connectivity index (χ4n) is 4.31. The van der Waals surface area contributed by atoms with Gasteiger partial charge >= 0.3 is 0 Å². The van der Waals surface area contributed by atoms with Crippen LogP contribution in [-0.2, 0) is 6.54 Å². The van der Waals surface area contributed by atoms with Crippen LogP contribution >= 0.6 is 23.6 Å². The number of nitrogens with one attached hydrogen (secondary N) is 1. The van der Waals surface area contributed by atoms with E-state index >= 15 is 0 Å². The summed E-state index contributed by atoms with van der Waals surface area (Å²) in [5, 5.41) is 7.25. The lowest BCUT2D eigenvalue weighted by Gasteiger charge is -2.28. The Kier molecular flexibility index (Phi) is 5.25. The highest BCUT2D eigenvalue weighted by atomic mass is 32.1. The van der Waals surface area contributed by atoms with Crippen LogP contribution in [0.25, 0.3) is 5.13 Å². The van der Waals surface area contributed by atoms with E-state index in [2.05, 4.69) is 55.7 Å². The van der Waals surface area contributed by atoms with E-state index in [-0.39, 0.29) is 12.1 Å². The van der Waals surface area contributed by atoms with Gasteiger partial charge < -0.3 is 10.2 Å². The highest BCUT2D eigenvalue weighted by molar-refractivity contribution is 7.80.